The molecule has 4 aromatic rings. The van der Waals surface area contributed by atoms with Crippen LogP contribution in [0.25, 0.3) is 28.1 Å². The average molecular weight is 269 g/mol. The molecule has 0 radical (unpaired) electrons. The highest BCUT2D eigenvalue weighted by molar-refractivity contribution is 5.83. The van der Waals surface area contributed by atoms with E-state index in [4.69, 9.17) is 4.98 Å². The van der Waals surface area contributed by atoms with E-state index in [2.05, 4.69) is 28.8 Å². The first-order valence-electron chi connectivity index (χ1n) is 6.93. The zero-order chi connectivity index (χ0) is 14.1. The van der Waals surface area contributed by atoms with Gasteiger partial charge in [-0.05, 0) is 24.3 Å². The number of hydrogen-bond acceptors (Lipinski definition) is 1. The Bertz CT molecular complexity index is 877. The molecule has 100 valence electrons. The summed E-state index contributed by atoms with van der Waals surface area (Å²) >= 11 is 0. The summed E-state index contributed by atoms with van der Waals surface area (Å²) in [4.78, 5) is 4.79. The van der Waals surface area contributed by atoms with Crippen LogP contribution in [0.15, 0.2) is 78.9 Å². The Hall–Kier alpha value is -2.87. The molecule has 0 aliphatic carbocycles. The third-order valence-corrected chi connectivity index (χ3v) is 3.53. The summed E-state index contributed by atoms with van der Waals surface area (Å²) in [6.45, 7) is 0. The van der Waals surface area contributed by atoms with Crippen molar-refractivity contribution in [3.63, 3.8) is 0 Å². The number of rotatable bonds is 2. The van der Waals surface area contributed by atoms with Gasteiger partial charge in [0.1, 0.15) is 0 Å². The molecule has 21 heavy (non-hydrogen) atoms. The highest BCUT2D eigenvalue weighted by Crippen LogP contribution is 2.27. The molecule has 0 fully saturated rings. The first kappa shape index (κ1) is 11.9. The van der Waals surface area contributed by atoms with Gasteiger partial charge < -0.3 is 4.57 Å². The van der Waals surface area contributed by atoms with E-state index in [1.165, 1.54) is 0 Å². The van der Waals surface area contributed by atoms with Gasteiger partial charge in [0.15, 0.2) is 0 Å². The molecule has 0 amide bonds. The minimum absolute atomic E-state index is 0.919. The van der Waals surface area contributed by atoms with Gasteiger partial charge >= 0.3 is 0 Å². The second kappa shape index (κ2) is 4.91. The van der Waals surface area contributed by atoms with Crippen molar-refractivity contribution in [3.8, 4) is 17.1 Å². The molecule has 3 aromatic carbocycles. The van der Waals surface area contributed by atoms with Crippen molar-refractivity contribution in [2.75, 3.05) is 0 Å². The summed E-state index contributed by atoms with van der Waals surface area (Å²) < 4.78 is 2.18. The van der Waals surface area contributed by atoms with Gasteiger partial charge in [0.25, 0.3) is 0 Å². The molecule has 0 N–H and O–H groups in total. The fourth-order valence-corrected chi connectivity index (χ4v) is 2.58. The van der Waals surface area contributed by atoms with Crippen LogP contribution in [0.2, 0.25) is 0 Å². The van der Waals surface area contributed by atoms with Crippen molar-refractivity contribution < 1.29 is 0 Å². The van der Waals surface area contributed by atoms with Crippen molar-refractivity contribution in [2.24, 2.45) is 0 Å². The van der Waals surface area contributed by atoms with Crippen LogP contribution in [0.5, 0.6) is 0 Å². The van der Waals surface area contributed by atoms with Gasteiger partial charge in [-0.2, -0.15) is 0 Å². The second-order valence-electron chi connectivity index (χ2n) is 4.87. The molecule has 0 bridgehead atoms. The number of aromatic nitrogens is 2. The van der Waals surface area contributed by atoms with Crippen molar-refractivity contribution in [1.29, 1.82) is 0 Å². The molecule has 0 aliphatic rings. The normalized spacial score (nSPS) is 10.9. The summed E-state index contributed by atoms with van der Waals surface area (Å²) in [6, 6.07) is 29.7. The molecule has 1 aromatic heterocycles. The number of para-hydroxylation sites is 3. The molecule has 1 heterocycles. The summed E-state index contributed by atoms with van der Waals surface area (Å²) in [7, 11) is 0. The van der Waals surface area contributed by atoms with Crippen molar-refractivity contribution >= 4 is 11.0 Å². The van der Waals surface area contributed by atoms with E-state index in [1.807, 2.05) is 60.7 Å². The van der Waals surface area contributed by atoms with E-state index in [0.29, 0.717) is 0 Å². The van der Waals surface area contributed by atoms with Crippen LogP contribution in [0.3, 0.4) is 0 Å². The Balaban J connectivity index is 2.07. The minimum Gasteiger partial charge on any atom is -0.333 e. The molecular formula is C19H13N2-. The van der Waals surface area contributed by atoms with E-state index < -0.39 is 0 Å². The number of imidazole rings is 1. The maximum Gasteiger partial charge on any atom is 0.0774 e. The molecule has 0 atom stereocenters. The zero-order valence-electron chi connectivity index (χ0n) is 11.4. The van der Waals surface area contributed by atoms with Crippen LogP contribution < -0.4 is 0 Å². The number of fused-ring (bicyclic) bond motifs is 1. The SMILES string of the molecule is [c-]1ccccc1-c1nc2ccccc2n1-c1ccccc1. The molecule has 0 aliphatic heterocycles. The topological polar surface area (TPSA) is 17.8 Å². The van der Waals surface area contributed by atoms with Crippen LogP contribution in [0.1, 0.15) is 0 Å². The highest BCUT2D eigenvalue weighted by atomic mass is 15.1. The van der Waals surface area contributed by atoms with Gasteiger partial charge in [0.2, 0.25) is 0 Å². The largest absolute Gasteiger partial charge is 0.333 e. The van der Waals surface area contributed by atoms with E-state index in [0.717, 1.165) is 28.1 Å². The third kappa shape index (κ3) is 2.01. The first-order chi connectivity index (χ1) is 10.4. The van der Waals surface area contributed by atoms with Crippen LogP contribution in [-0.2, 0) is 0 Å². The highest BCUT2D eigenvalue weighted by Gasteiger charge is 2.08. The molecule has 4 rings (SSSR count). The van der Waals surface area contributed by atoms with Gasteiger partial charge in [-0.25, -0.2) is 0 Å². The Morgan fingerprint density at radius 3 is 2.33 bits per heavy atom. The number of hydrogen-bond donors (Lipinski definition) is 0. The third-order valence-electron chi connectivity index (χ3n) is 3.53. The van der Waals surface area contributed by atoms with Gasteiger partial charge in [0.05, 0.1) is 16.9 Å². The molecule has 2 nitrogen and oxygen atoms in total. The molecule has 0 saturated heterocycles. The Morgan fingerprint density at radius 1 is 0.762 bits per heavy atom. The van der Waals surface area contributed by atoms with Gasteiger partial charge in [-0.15, -0.1) is 35.9 Å². The predicted octanol–water partition coefficient (Wildman–Crippen LogP) is 4.49. The standard InChI is InChI=1S/C19H13N2/c1-3-9-15(10-4-1)19-20-17-13-7-8-14-18(17)21(19)16-11-5-2-6-12-16/h1-9,11-14H/q-1. The Labute approximate surface area is 123 Å². The summed E-state index contributed by atoms with van der Waals surface area (Å²) in [5, 5.41) is 0. The van der Waals surface area contributed by atoms with E-state index >= 15 is 0 Å². The van der Waals surface area contributed by atoms with E-state index in [9.17, 15) is 0 Å². The smallest absolute Gasteiger partial charge is 0.0774 e. The zero-order valence-corrected chi connectivity index (χ0v) is 11.4. The van der Waals surface area contributed by atoms with Gasteiger partial charge in [-0.3, -0.25) is 4.98 Å². The van der Waals surface area contributed by atoms with Crippen LogP contribution in [-0.4, -0.2) is 9.55 Å². The van der Waals surface area contributed by atoms with Crippen LogP contribution in [0.4, 0.5) is 0 Å². The summed E-state index contributed by atoms with van der Waals surface area (Å²) in [6.07, 6.45) is 0. The fraction of sp³-hybridized carbons (Fsp3) is 0. The summed E-state index contributed by atoms with van der Waals surface area (Å²) in [5.74, 6) is 0.919. The first-order valence-corrected chi connectivity index (χ1v) is 6.93. The maximum absolute atomic E-state index is 4.79. The number of nitrogens with zero attached hydrogens (tertiary/aromatic N) is 2. The van der Waals surface area contributed by atoms with E-state index in [1.54, 1.807) is 0 Å². The lowest BCUT2D eigenvalue weighted by Gasteiger charge is -2.14. The van der Waals surface area contributed by atoms with Crippen molar-refractivity contribution in [2.45, 2.75) is 0 Å². The van der Waals surface area contributed by atoms with Crippen LogP contribution >= 0.6 is 0 Å². The summed E-state index contributed by atoms with van der Waals surface area (Å²) in [5.41, 5.74) is 4.21. The van der Waals surface area contributed by atoms with Crippen molar-refractivity contribution in [3.05, 3.63) is 84.9 Å². The molecule has 0 unspecified atom stereocenters. The van der Waals surface area contributed by atoms with Crippen LogP contribution in [0, 0.1) is 6.07 Å². The Kier molecular flexibility index (Phi) is 2.79. The number of benzene rings is 3. The second-order valence-corrected chi connectivity index (χ2v) is 4.87. The Morgan fingerprint density at radius 2 is 1.52 bits per heavy atom. The lowest BCUT2D eigenvalue weighted by atomic mass is 10.2. The average Bonchev–Trinajstić information content (AvgIpc) is 2.96. The predicted molar refractivity (Wildman–Crippen MR) is 85.3 cm³/mol. The fourth-order valence-electron chi connectivity index (χ4n) is 2.58. The molecular weight excluding hydrogens is 256 g/mol. The van der Waals surface area contributed by atoms with Gasteiger partial charge in [-0.1, -0.05) is 30.3 Å². The molecule has 0 spiro atoms. The molecule has 2 heteroatoms. The maximum atomic E-state index is 4.79. The quantitative estimate of drug-likeness (QED) is 0.490. The lowest BCUT2D eigenvalue weighted by Crippen LogP contribution is -1.97. The lowest BCUT2D eigenvalue weighted by molar-refractivity contribution is 1.10. The van der Waals surface area contributed by atoms with E-state index in [-0.39, 0.29) is 0 Å². The van der Waals surface area contributed by atoms with Gasteiger partial charge in [0, 0.05) is 5.69 Å². The van der Waals surface area contributed by atoms with Crippen molar-refractivity contribution in [1.82, 2.24) is 9.55 Å². The molecule has 0 saturated carbocycles. The minimum atomic E-state index is 0.919. The monoisotopic (exact) mass is 269 g/mol.